The molecule has 2 fully saturated rings. The Morgan fingerprint density at radius 3 is 1.33 bits per heavy atom. The van der Waals surface area contributed by atoms with Crippen LogP contribution in [0.3, 0.4) is 0 Å². The zero-order chi connectivity index (χ0) is 37.9. The molecular formula is C36H80N2O10Si4. The molecule has 16 heteroatoms. The van der Waals surface area contributed by atoms with Crippen LogP contribution in [-0.2, 0) is 46.1 Å². The summed E-state index contributed by atoms with van der Waals surface area (Å²) in [4.78, 5) is 5.12. The third kappa shape index (κ3) is 21.6. The first-order valence-corrected chi connectivity index (χ1v) is 29.6. The van der Waals surface area contributed by atoms with Crippen molar-refractivity contribution in [2.75, 3.05) is 105 Å². The summed E-state index contributed by atoms with van der Waals surface area (Å²) >= 11 is 0. The molecule has 2 heterocycles. The number of nitrogens with zero attached hydrogens (tertiary/aromatic N) is 2. The quantitative estimate of drug-likeness (QED) is 0.0619. The van der Waals surface area contributed by atoms with Gasteiger partial charge in [0, 0.05) is 52.7 Å². The molecule has 0 spiro atoms. The van der Waals surface area contributed by atoms with Crippen molar-refractivity contribution in [2.24, 2.45) is 0 Å². The van der Waals surface area contributed by atoms with Crippen LogP contribution in [0.4, 0.5) is 0 Å². The van der Waals surface area contributed by atoms with Gasteiger partial charge in [0.25, 0.3) is 0 Å². The summed E-state index contributed by atoms with van der Waals surface area (Å²) < 4.78 is 61.7. The van der Waals surface area contributed by atoms with Gasteiger partial charge in [-0.15, -0.1) is 0 Å². The average molecular weight is 813 g/mol. The highest BCUT2D eigenvalue weighted by atomic mass is 28.4. The van der Waals surface area contributed by atoms with Gasteiger partial charge in [0.1, 0.15) is 11.8 Å². The third-order valence-electron chi connectivity index (χ3n) is 9.58. The molecule has 2 saturated heterocycles. The Balaban J connectivity index is 1.85. The Kier molecular flexibility index (Phi) is 27.6. The SMILES string of the molecule is CCOC(OCC)[SiH2]CCCN1CCC[Si](C)(OCC)OC(COCCOCC2CN(CCC[SiH2]C(OCC)OCC)CCC[Si](C)(OCC)O2)C1. The maximum absolute atomic E-state index is 6.75. The van der Waals surface area contributed by atoms with Crippen molar-refractivity contribution >= 4 is 36.2 Å². The lowest BCUT2D eigenvalue weighted by Gasteiger charge is -2.38. The lowest BCUT2D eigenvalue weighted by molar-refractivity contribution is -0.0830. The van der Waals surface area contributed by atoms with Crippen molar-refractivity contribution in [2.45, 2.75) is 129 Å². The van der Waals surface area contributed by atoms with Crippen LogP contribution in [-0.4, -0.2) is 175 Å². The molecule has 310 valence electrons. The molecule has 0 saturated carbocycles. The van der Waals surface area contributed by atoms with E-state index in [1.807, 2.05) is 27.7 Å². The zero-order valence-electron chi connectivity index (χ0n) is 34.7. The second kappa shape index (κ2) is 29.6. The maximum atomic E-state index is 6.75. The van der Waals surface area contributed by atoms with Crippen molar-refractivity contribution in [3.8, 4) is 0 Å². The highest BCUT2D eigenvalue weighted by Gasteiger charge is 2.38. The summed E-state index contributed by atoms with van der Waals surface area (Å²) in [5.74, 6) is 0.0789. The highest BCUT2D eigenvalue weighted by Crippen LogP contribution is 2.24. The number of ether oxygens (including phenoxy) is 6. The van der Waals surface area contributed by atoms with Crippen molar-refractivity contribution in [3.63, 3.8) is 0 Å². The number of rotatable bonds is 29. The molecule has 2 aliphatic heterocycles. The fourth-order valence-electron chi connectivity index (χ4n) is 7.32. The molecule has 2 rings (SSSR count). The standard InChI is InChI=1S/C36H80N2O10Si4/c1-9-41-35(42-10-2)49-25-15-19-37-21-17-27-51(7,45-13-5)47-33(29-37)31-39-23-24-40-32-34-30-38(22-18-28-52(8,48-34)46-14-6)20-16-26-50-36(43-11-3)44-12-4/h33-36H,9-32,49-50H2,1-8H3. The van der Waals surface area contributed by atoms with Crippen molar-refractivity contribution in [3.05, 3.63) is 0 Å². The van der Waals surface area contributed by atoms with E-state index in [-0.39, 0.29) is 24.0 Å². The Morgan fingerprint density at radius 2 is 0.981 bits per heavy atom. The van der Waals surface area contributed by atoms with E-state index in [0.717, 1.165) is 64.2 Å². The van der Waals surface area contributed by atoms with Crippen LogP contribution in [0.2, 0.25) is 37.3 Å². The van der Waals surface area contributed by atoms with Gasteiger partial charge in [-0.25, -0.2) is 0 Å². The molecule has 4 atom stereocenters. The van der Waals surface area contributed by atoms with Crippen LogP contribution in [0.25, 0.3) is 0 Å². The Labute approximate surface area is 325 Å². The predicted molar refractivity (Wildman–Crippen MR) is 220 cm³/mol. The van der Waals surface area contributed by atoms with Gasteiger partial charge < -0.3 is 55.9 Å². The van der Waals surface area contributed by atoms with Crippen LogP contribution in [0, 0.1) is 0 Å². The van der Waals surface area contributed by atoms with E-state index in [1.54, 1.807) is 0 Å². The van der Waals surface area contributed by atoms with Gasteiger partial charge in [-0.2, -0.15) is 0 Å². The topological polar surface area (TPSA) is 98.8 Å². The fraction of sp³-hybridized carbons (Fsp3) is 1.00. The summed E-state index contributed by atoms with van der Waals surface area (Å²) in [5.41, 5.74) is 0. The smallest absolute Gasteiger partial charge is 0.335 e. The van der Waals surface area contributed by atoms with Gasteiger partial charge in [0.05, 0.1) is 57.7 Å². The van der Waals surface area contributed by atoms with Crippen LogP contribution >= 0.6 is 0 Å². The molecule has 0 amide bonds. The zero-order valence-corrected chi connectivity index (χ0v) is 39.5. The summed E-state index contributed by atoms with van der Waals surface area (Å²) in [7, 11) is -5.36. The van der Waals surface area contributed by atoms with E-state index in [2.05, 4.69) is 36.7 Å². The fourth-order valence-corrected chi connectivity index (χ4v) is 15.8. The minimum atomic E-state index is -2.25. The molecule has 0 bridgehead atoms. The molecule has 52 heavy (non-hydrogen) atoms. The van der Waals surface area contributed by atoms with Crippen molar-refractivity contribution in [1.82, 2.24) is 9.80 Å². The van der Waals surface area contributed by atoms with E-state index < -0.39 is 36.2 Å². The van der Waals surface area contributed by atoms with Gasteiger partial charge in [0.15, 0.2) is 0 Å². The maximum Gasteiger partial charge on any atom is 0.335 e. The molecule has 0 aliphatic carbocycles. The van der Waals surface area contributed by atoms with Gasteiger partial charge >= 0.3 is 17.1 Å². The lowest BCUT2D eigenvalue weighted by atomic mass is 10.3. The van der Waals surface area contributed by atoms with E-state index in [0.29, 0.717) is 66.1 Å². The van der Waals surface area contributed by atoms with E-state index in [4.69, 9.17) is 46.1 Å². The molecule has 2 aliphatic rings. The average Bonchev–Trinajstić information content (AvgIpc) is 3.08. The predicted octanol–water partition coefficient (Wildman–Crippen LogP) is 4.09. The van der Waals surface area contributed by atoms with E-state index in [1.165, 1.54) is 24.9 Å². The number of hydrogen-bond acceptors (Lipinski definition) is 12. The molecule has 0 aromatic rings. The normalized spacial score (nSPS) is 26.2. The molecule has 0 aromatic carbocycles. The van der Waals surface area contributed by atoms with Crippen molar-refractivity contribution < 1.29 is 46.1 Å². The van der Waals surface area contributed by atoms with Gasteiger partial charge in [0.2, 0.25) is 0 Å². The van der Waals surface area contributed by atoms with Gasteiger partial charge in [-0.3, -0.25) is 0 Å². The Bertz CT molecular complexity index is 787. The van der Waals surface area contributed by atoms with E-state index >= 15 is 0 Å². The lowest BCUT2D eigenvalue weighted by Crippen LogP contribution is -2.50. The van der Waals surface area contributed by atoms with Crippen LogP contribution in [0.5, 0.6) is 0 Å². The highest BCUT2D eigenvalue weighted by molar-refractivity contribution is 6.66. The molecule has 0 N–H and O–H groups in total. The minimum Gasteiger partial charge on any atom is -0.395 e. The van der Waals surface area contributed by atoms with Crippen LogP contribution in [0.1, 0.15) is 67.2 Å². The molecule has 0 aromatic heterocycles. The minimum absolute atomic E-state index is 0.0128. The van der Waals surface area contributed by atoms with Gasteiger partial charge in [-0.05, 0) is 119 Å². The number of hydrogen-bond donors (Lipinski definition) is 0. The first-order valence-electron chi connectivity index (χ1n) is 20.9. The summed E-state index contributed by atoms with van der Waals surface area (Å²) in [6.07, 6.45) is 4.53. The summed E-state index contributed by atoms with van der Waals surface area (Å²) in [6.45, 7) is 29.1. The summed E-state index contributed by atoms with van der Waals surface area (Å²) in [6, 6.07) is 4.44. The van der Waals surface area contributed by atoms with Crippen molar-refractivity contribution in [1.29, 1.82) is 0 Å². The second-order valence-electron chi connectivity index (χ2n) is 14.2. The monoisotopic (exact) mass is 812 g/mol. The van der Waals surface area contributed by atoms with Gasteiger partial charge in [-0.1, -0.05) is 12.1 Å². The Morgan fingerprint density at radius 1 is 0.596 bits per heavy atom. The Hall–Kier alpha value is 0.388. The third-order valence-corrected chi connectivity index (χ3v) is 19.3. The molecular weight excluding hydrogens is 733 g/mol. The van der Waals surface area contributed by atoms with Crippen LogP contribution in [0.15, 0.2) is 0 Å². The van der Waals surface area contributed by atoms with E-state index in [9.17, 15) is 0 Å². The summed E-state index contributed by atoms with van der Waals surface area (Å²) in [5, 5.41) is 0. The largest absolute Gasteiger partial charge is 0.395 e. The second-order valence-corrected chi connectivity index (χ2v) is 24.7. The van der Waals surface area contributed by atoms with Crippen LogP contribution < -0.4 is 0 Å². The first kappa shape index (κ1) is 48.5. The first-order chi connectivity index (χ1) is 25.2. The molecule has 0 radical (unpaired) electrons. The molecule has 12 nitrogen and oxygen atoms in total. The molecule has 4 unspecified atom stereocenters.